The summed E-state index contributed by atoms with van der Waals surface area (Å²) in [5.41, 5.74) is 2.51. The van der Waals surface area contributed by atoms with Crippen LogP contribution in [0.3, 0.4) is 0 Å². The first-order valence-corrected chi connectivity index (χ1v) is 7.83. The highest BCUT2D eigenvalue weighted by Crippen LogP contribution is 2.51. The molecule has 2 aromatic carbocycles. The first-order chi connectivity index (χ1) is 11.3. The lowest BCUT2D eigenvalue weighted by Gasteiger charge is -2.29. The number of benzene rings is 2. The van der Waals surface area contributed by atoms with Crippen molar-refractivity contribution in [2.45, 2.75) is 17.9 Å². The third kappa shape index (κ3) is 1.63. The third-order valence-corrected chi connectivity index (χ3v) is 5.15. The molecule has 116 valence electrons. The Balaban J connectivity index is 1.65. The van der Waals surface area contributed by atoms with Crippen LogP contribution in [-0.2, 0) is 10.2 Å². The molecule has 3 heterocycles. The highest BCUT2D eigenvalue weighted by Gasteiger charge is 2.55. The number of hydrogen-bond acceptors (Lipinski definition) is 4. The molecule has 1 spiro atoms. The number of carbonyl (C=O) groups excluding carboxylic acids is 1. The average Bonchev–Trinajstić information content (AvgIpc) is 3.27. The fourth-order valence-electron chi connectivity index (χ4n) is 4.10. The minimum Gasteiger partial charge on any atom is -0.454 e. The fraction of sp³-hybridized carbons (Fsp3) is 0.278. The molecular formula is C18H16N2O3. The lowest BCUT2D eigenvalue weighted by Crippen LogP contribution is -2.39. The highest BCUT2D eigenvalue weighted by molar-refractivity contribution is 6.07. The Morgan fingerprint density at radius 1 is 1.09 bits per heavy atom. The Hall–Kier alpha value is -2.53. The Morgan fingerprint density at radius 3 is 2.91 bits per heavy atom. The van der Waals surface area contributed by atoms with E-state index < -0.39 is 5.41 Å². The van der Waals surface area contributed by atoms with Gasteiger partial charge in [-0.2, -0.15) is 0 Å². The molecule has 1 fully saturated rings. The van der Waals surface area contributed by atoms with E-state index in [9.17, 15) is 4.79 Å². The molecule has 1 saturated heterocycles. The van der Waals surface area contributed by atoms with Crippen molar-refractivity contribution in [2.24, 2.45) is 0 Å². The number of rotatable bonds is 1. The van der Waals surface area contributed by atoms with Gasteiger partial charge in [0.1, 0.15) is 0 Å². The van der Waals surface area contributed by atoms with Crippen LogP contribution in [0.15, 0.2) is 42.5 Å². The van der Waals surface area contributed by atoms with E-state index in [-0.39, 0.29) is 18.7 Å². The fourth-order valence-corrected chi connectivity index (χ4v) is 4.10. The normalized spacial score (nSPS) is 27.3. The molecule has 0 aromatic heterocycles. The molecule has 3 aliphatic rings. The number of anilines is 1. The quantitative estimate of drug-likeness (QED) is 0.849. The van der Waals surface area contributed by atoms with Crippen LogP contribution in [0.1, 0.15) is 23.6 Å². The third-order valence-electron chi connectivity index (χ3n) is 5.15. The monoisotopic (exact) mass is 308 g/mol. The minimum atomic E-state index is -0.551. The van der Waals surface area contributed by atoms with Gasteiger partial charge in [-0.3, -0.25) is 4.79 Å². The van der Waals surface area contributed by atoms with Gasteiger partial charge in [0.15, 0.2) is 11.5 Å². The molecule has 1 amide bonds. The number of carbonyl (C=O) groups is 1. The first-order valence-electron chi connectivity index (χ1n) is 7.83. The van der Waals surface area contributed by atoms with Gasteiger partial charge < -0.3 is 20.1 Å². The second-order valence-corrected chi connectivity index (χ2v) is 6.22. The molecule has 5 nitrogen and oxygen atoms in total. The molecule has 0 bridgehead atoms. The molecule has 2 aromatic rings. The van der Waals surface area contributed by atoms with Crippen LogP contribution in [0.25, 0.3) is 0 Å². The smallest absolute Gasteiger partial charge is 0.237 e. The van der Waals surface area contributed by atoms with Crippen molar-refractivity contribution >= 4 is 11.6 Å². The second-order valence-electron chi connectivity index (χ2n) is 6.22. The SMILES string of the molecule is O=C1Nc2ccccc2[C@]12CCN[C@@H]2c1ccc2c(c1)OCO2. The molecule has 0 radical (unpaired) electrons. The summed E-state index contributed by atoms with van der Waals surface area (Å²) in [5.74, 6) is 1.58. The summed E-state index contributed by atoms with van der Waals surface area (Å²) >= 11 is 0. The maximum atomic E-state index is 12.9. The van der Waals surface area contributed by atoms with Crippen molar-refractivity contribution in [2.75, 3.05) is 18.7 Å². The maximum absolute atomic E-state index is 12.9. The second kappa shape index (κ2) is 4.49. The summed E-state index contributed by atoms with van der Waals surface area (Å²) in [4.78, 5) is 12.9. The van der Waals surface area contributed by atoms with Crippen LogP contribution < -0.4 is 20.1 Å². The van der Waals surface area contributed by atoms with Gasteiger partial charge in [0.2, 0.25) is 12.7 Å². The molecular weight excluding hydrogens is 292 g/mol. The van der Waals surface area contributed by atoms with Gasteiger partial charge in [-0.25, -0.2) is 0 Å². The maximum Gasteiger partial charge on any atom is 0.237 e. The predicted octanol–water partition coefficient (Wildman–Crippen LogP) is 2.34. The van der Waals surface area contributed by atoms with E-state index in [0.29, 0.717) is 0 Å². The van der Waals surface area contributed by atoms with Crippen molar-refractivity contribution in [3.8, 4) is 11.5 Å². The van der Waals surface area contributed by atoms with Gasteiger partial charge in [0, 0.05) is 5.69 Å². The van der Waals surface area contributed by atoms with Crippen molar-refractivity contribution in [1.29, 1.82) is 0 Å². The molecule has 2 N–H and O–H groups in total. The summed E-state index contributed by atoms with van der Waals surface area (Å²) < 4.78 is 10.9. The Bertz CT molecular complexity index is 820. The number of nitrogens with one attached hydrogen (secondary N) is 2. The predicted molar refractivity (Wildman–Crippen MR) is 84.7 cm³/mol. The van der Waals surface area contributed by atoms with Gasteiger partial charge in [0.05, 0.1) is 11.5 Å². The van der Waals surface area contributed by atoms with Crippen LogP contribution in [0, 0.1) is 0 Å². The summed E-state index contributed by atoms with van der Waals surface area (Å²) in [6, 6.07) is 13.8. The summed E-state index contributed by atoms with van der Waals surface area (Å²) in [7, 11) is 0. The zero-order valence-corrected chi connectivity index (χ0v) is 12.5. The summed E-state index contributed by atoms with van der Waals surface area (Å²) in [6.07, 6.45) is 0.787. The first kappa shape index (κ1) is 13.0. The Kier molecular flexibility index (Phi) is 2.53. The molecule has 2 atom stereocenters. The van der Waals surface area contributed by atoms with E-state index in [1.807, 2.05) is 36.4 Å². The van der Waals surface area contributed by atoms with Crippen molar-refractivity contribution in [3.63, 3.8) is 0 Å². The van der Waals surface area contributed by atoms with Gasteiger partial charge in [-0.05, 0) is 42.3 Å². The lowest BCUT2D eigenvalue weighted by atomic mass is 9.73. The largest absolute Gasteiger partial charge is 0.454 e. The van der Waals surface area contributed by atoms with E-state index in [1.54, 1.807) is 0 Å². The number of fused-ring (bicyclic) bond motifs is 3. The summed E-state index contributed by atoms with van der Waals surface area (Å²) in [6.45, 7) is 1.06. The minimum absolute atomic E-state index is 0.0688. The van der Waals surface area contributed by atoms with E-state index >= 15 is 0 Å². The number of hydrogen-bond donors (Lipinski definition) is 2. The van der Waals surface area contributed by atoms with Crippen LogP contribution in [0.5, 0.6) is 11.5 Å². The van der Waals surface area contributed by atoms with Crippen molar-refractivity contribution < 1.29 is 14.3 Å². The van der Waals surface area contributed by atoms with E-state index in [4.69, 9.17) is 9.47 Å². The topological polar surface area (TPSA) is 59.6 Å². The summed E-state index contributed by atoms with van der Waals surface area (Å²) in [5, 5.41) is 6.56. The number of amides is 1. The molecule has 0 aliphatic carbocycles. The standard InChI is InChI=1S/C18H16N2O3/c21-17-18(12-3-1-2-4-13(12)20-17)7-8-19-16(18)11-5-6-14-15(9-11)23-10-22-14/h1-6,9,16,19H,7-8,10H2,(H,20,21)/t16-,18+/m1/s1. The van der Waals surface area contributed by atoms with Crippen molar-refractivity contribution in [1.82, 2.24) is 5.32 Å². The molecule has 0 saturated carbocycles. The van der Waals surface area contributed by atoms with E-state index in [2.05, 4.69) is 16.7 Å². The van der Waals surface area contributed by atoms with Crippen LogP contribution >= 0.6 is 0 Å². The molecule has 23 heavy (non-hydrogen) atoms. The molecule has 5 rings (SSSR count). The van der Waals surface area contributed by atoms with Crippen LogP contribution in [-0.4, -0.2) is 19.2 Å². The average molecular weight is 308 g/mol. The number of ether oxygens (including phenoxy) is 2. The molecule has 0 unspecified atom stereocenters. The number of para-hydroxylation sites is 1. The Morgan fingerprint density at radius 2 is 1.96 bits per heavy atom. The molecule has 5 heteroatoms. The van der Waals surface area contributed by atoms with Crippen LogP contribution in [0.2, 0.25) is 0 Å². The molecule has 3 aliphatic heterocycles. The highest BCUT2D eigenvalue weighted by atomic mass is 16.7. The van der Waals surface area contributed by atoms with Crippen molar-refractivity contribution in [3.05, 3.63) is 53.6 Å². The zero-order chi connectivity index (χ0) is 15.4. The zero-order valence-electron chi connectivity index (χ0n) is 12.5. The Labute approximate surface area is 133 Å². The van der Waals surface area contributed by atoms with Gasteiger partial charge in [-0.1, -0.05) is 24.3 Å². The van der Waals surface area contributed by atoms with Gasteiger partial charge >= 0.3 is 0 Å². The van der Waals surface area contributed by atoms with E-state index in [1.165, 1.54) is 0 Å². The van der Waals surface area contributed by atoms with Crippen LogP contribution in [0.4, 0.5) is 5.69 Å². The van der Waals surface area contributed by atoms with E-state index in [0.717, 1.165) is 41.3 Å². The van der Waals surface area contributed by atoms with Gasteiger partial charge in [-0.15, -0.1) is 0 Å². The lowest BCUT2D eigenvalue weighted by molar-refractivity contribution is -0.121. The van der Waals surface area contributed by atoms with Gasteiger partial charge in [0.25, 0.3) is 0 Å².